The Morgan fingerprint density at radius 1 is 1.12 bits per heavy atom. The van der Waals surface area contributed by atoms with Crippen LogP contribution in [-0.2, 0) is 11.3 Å². The minimum atomic E-state index is 0.0504. The van der Waals surface area contributed by atoms with Gasteiger partial charge in [-0.05, 0) is 36.9 Å². The number of aromatic amines is 1. The first kappa shape index (κ1) is 16.8. The summed E-state index contributed by atoms with van der Waals surface area (Å²) < 4.78 is 5.47. The van der Waals surface area contributed by atoms with Crippen molar-refractivity contribution in [3.63, 3.8) is 0 Å². The summed E-state index contributed by atoms with van der Waals surface area (Å²) in [4.78, 5) is 20.6. The Morgan fingerprint density at radius 2 is 1.96 bits per heavy atom. The number of nitrogens with one attached hydrogen (secondary N) is 1. The molecule has 134 valence electrons. The van der Waals surface area contributed by atoms with E-state index in [2.05, 4.69) is 26.9 Å². The predicted octanol–water partition coefficient (Wildman–Crippen LogP) is 2.21. The molecule has 5 heteroatoms. The second-order valence-corrected chi connectivity index (χ2v) is 7.24. The van der Waals surface area contributed by atoms with E-state index >= 15 is 0 Å². The highest BCUT2D eigenvalue weighted by molar-refractivity contribution is 5.78. The van der Waals surface area contributed by atoms with E-state index in [1.165, 1.54) is 19.3 Å². The Bertz CT molecular complexity index is 767. The molecule has 4 rings (SSSR count). The number of morpholine rings is 1. The maximum atomic E-state index is 12.5. The molecule has 0 saturated carbocycles. The van der Waals surface area contributed by atoms with Crippen molar-refractivity contribution in [1.29, 1.82) is 0 Å². The van der Waals surface area contributed by atoms with Crippen molar-refractivity contribution in [3.05, 3.63) is 46.2 Å². The third kappa shape index (κ3) is 3.94. The van der Waals surface area contributed by atoms with Gasteiger partial charge in [0.05, 0.1) is 13.2 Å². The van der Waals surface area contributed by atoms with Crippen molar-refractivity contribution in [2.24, 2.45) is 0 Å². The molecule has 2 aromatic rings. The highest BCUT2D eigenvalue weighted by Gasteiger charge is 2.26. The predicted molar refractivity (Wildman–Crippen MR) is 99.9 cm³/mol. The second kappa shape index (κ2) is 7.68. The third-order valence-corrected chi connectivity index (χ3v) is 5.53. The number of nitrogens with zero attached hydrogens (tertiary/aromatic N) is 2. The van der Waals surface area contributed by atoms with Crippen LogP contribution in [0.4, 0.5) is 0 Å². The highest BCUT2D eigenvalue weighted by Crippen LogP contribution is 2.21. The maximum Gasteiger partial charge on any atom is 0.252 e. The van der Waals surface area contributed by atoms with Gasteiger partial charge in [0.25, 0.3) is 5.56 Å². The van der Waals surface area contributed by atoms with Crippen molar-refractivity contribution in [2.45, 2.75) is 31.8 Å². The molecule has 2 aliphatic rings. The molecule has 2 fully saturated rings. The third-order valence-electron chi connectivity index (χ3n) is 5.53. The SMILES string of the molecule is O=c1[nH]c2ccccc2cc1CN1CCCCC1CN1CCOCC1. The van der Waals surface area contributed by atoms with Crippen LogP contribution in [0.25, 0.3) is 10.9 Å². The summed E-state index contributed by atoms with van der Waals surface area (Å²) in [5.74, 6) is 0. The fourth-order valence-corrected chi connectivity index (χ4v) is 4.09. The van der Waals surface area contributed by atoms with Crippen LogP contribution in [0.2, 0.25) is 0 Å². The van der Waals surface area contributed by atoms with E-state index in [0.29, 0.717) is 6.04 Å². The molecular weight excluding hydrogens is 314 g/mol. The van der Waals surface area contributed by atoms with Gasteiger partial charge in [-0.3, -0.25) is 14.6 Å². The van der Waals surface area contributed by atoms with Crippen molar-refractivity contribution >= 4 is 10.9 Å². The lowest BCUT2D eigenvalue weighted by atomic mass is 10.0. The minimum absolute atomic E-state index is 0.0504. The Kier molecular flexibility index (Phi) is 5.15. The summed E-state index contributed by atoms with van der Waals surface area (Å²) in [7, 11) is 0. The molecule has 0 radical (unpaired) electrons. The topological polar surface area (TPSA) is 48.6 Å². The number of hydrogen-bond acceptors (Lipinski definition) is 4. The number of hydrogen-bond donors (Lipinski definition) is 1. The average molecular weight is 341 g/mol. The largest absolute Gasteiger partial charge is 0.379 e. The zero-order valence-electron chi connectivity index (χ0n) is 14.7. The van der Waals surface area contributed by atoms with Crippen LogP contribution in [0.5, 0.6) is 0 Å². The minimum Gasteiger partial charge on any atom is -0.379 e. The number of ether oxygens (including phenoxy) is 1. The molecule has 25 heavy (non-hydrogen) atoms. The summed E-state index contributed by atoms with van der Waals surface area (Å²) in [6, 6.07) is 10.6. The Morgan fingerprint density at radius 3 is 2.84 bits per heavy atom. The summed E-state index contributed by atoms with van der Waals surface area (Å²) in [5, 5.41) is 1.11. The number of para-hydroxylation sites is 1. The fourth-order valence-electron chi connectivity index (χ4n) is 4.09. The molecule has 1 aromatic carbocycles. The normalized spacial score (nSPS) is 23.1. The number of piperidine rings is 1. The van der Waals surface area contributed by atoms with Crippen molar-refractivity contribution in [2.75, 3.05) is 39.4 Å². The van der Waals surface area contributed by atoms with Gasteiger partial charge in [0.1, 0.15) is 0 Å². The van der Waals surface area contributed by atoms with Gasteiger partial charge in [0, 0.05) is 43.3 Å². The van der Waals surface area contributed by atoms with E-state index in [4.69, 9.17) is 4.74 Å². The smallest absolute Gasteiger partial charge is 0.252 e. The van der Waals surface area contributed by atoms with E-state index in [9.17, 15) is 4.79 Å². The molecule has 1 atom stereocenters. The quantitative estimate of drug-likeness (QED) is 0.926. The molecule has 3 heterocycles. The molecular formula is C20H27N3O2. The van der Waals surface area contributed by atoms with Gasteiger partial charge in [0.15, 0.2) is 0 Å². The van der Waals surface area contributed by atoms with Gasteiger partial charge < -0.3 is 9.72 Å². The number of aromatic nitrogens is 1. The van der Waals surface area contributed by atoms with E-state index in [1.807, 2.05) is 18.2 Å². The number of pyridine rings is 1. The summed E-state index contributed by atoms with van der Waals surface area (Å²) in [6.07, 6.45) is 3.74. The van der Waals surface area contributed by atoms with E-state index in [1.54, 1.807) is 0 Å². The Labute approximate surface area is 148 Å². The van der Waals surface area contributed by atoms with Gasteiger partial charge in [-0.15, -0.1) is 0 Å². The maximum absolute atomic E-state index is 12.5. The molecule has 1 N–H and O–H groups in total. The molecule has 0 spiro atoms. The number of likely N-dealkylation sites (tertiary alicyclic amines) is 1. The Hall–Kier alpha value is -1.69. The standard InChI is InChI=1S/C20H27N3O2/c24-20-17(13-16-5-1-2-7-19(16)21-20)14-23-8-4-3-6-18(23)15-22-9-11-25-12-10-22/h1-2,5,7,13,18H,3-4,6,8-12,14-15H2,(H,21,24). The van der Waals surface area contributed by atoms with Crippen LogP contribution >= 0.6 is 0 Å². The number of benzene rings is 1. The van der Waals surface area contributed by atoms with E-state index < -0.39 is 0 Å². The monoisotopic (exact) mass is 341 g/mol. The molecule has 0 aliphatic carbocycles. The van der Waals surface area contributed by atoms with Crippen LogP contribution < -0.4 is 5.56 Å². The fraction of sp³-hybridized carbons (Fsp3) is 0.550. The van der Waals surface area contributed by atoms with Crippen molar-refractivity contribution in [1.82, 2.24) is 14.8 Å². The van der Waals surface area contributed by atoms with Gasteiger partial charge >= 0.3 is 0 Å². The van der Waals surface area contributed by atoms with Gasteiger partial charge in [-0.2, -0.15) is 0 Å². The zero-order valence-corrected chi connectivity index (χ0v) is 14.7. The molecule has 2 saturated heterocycles. The van der Waals surface area contributed by atoms with Crippen molar-refractivity contribution < 1.29 is 4.74 Å². The first-order valence-corrected chi connectivity index (χ1v) is 9.45. The van der Waals surface area contributed by atoms with Crippen LogP contribution in [0.1, 0.15) is 24.8 Å². The second-order valence-electron chi connectivity index (χ2n) is 7.24. The van der Waals surface area contributed by atoms with Crippen LogP contribution in [0.3, 0.4) is 0 Å². The summed E-state index contributed by atoms with van der Waals surface area (Å²) >= 11 is 0. The molecule has 1 aromatic heterocycles. The molecule has 0 bridgehead atoms. The lowest BCUT2D eigenvalue weighted by molar-refractivity contribution is 0.0152. The summed E-state index contributed by atoms with van der Waals surface area (Å²) in [6.45, 7) is 6.67. The summed E-state index contributed by atoms with van der Waals surface area (Å²) in [5.41, 5.74) is 1.85. The highest BCUT2D eigenvalue weighted by atomic mass is 16.5. The molecule has 2 aliphatic heterocycles. The van der Waals surface area contributed by atoms with E-state index in [0.717, 1.165) is 62.4 Å². The van der Waals surface area contributed by atoms with Crippen LogP contribution in [-0.4, -0.2) is 60.2 Å². The average Bonchev–Trinajstić information content (AvgIpc) is 2.65. The van der Waals surface area contributed by atoms with Crippen LogP contribution in [0, 0.1) is 0 Å². The molecule has 5 nitrogen and oxygen atoms in total. The Balaban J connectivity index is 1.51. The lowest BCUT2D eigenvalue weighted by Gasteiger charge is -2.39. The molecule has 0 amide bonds. The number of rotatable bonds is 4. The zero-order chi connectivity index (χ0) is 17.1. The van der Waals surface area contributed by atoms with Crippen molar-refractivity contribution in [3.8, 4) is 0 Å². The lowest BCUT2D eigenvalue weighted by Crippen LogP contribution is -2.49. The first-order chi connectivity index (χ1) is 12.3. The number of fused-ring (bicyclic) bond motifs is 1. The van der Waals surface area contributed by atoms with E-state index in [-0.39, 0.29) is 5.56 Å². The first-order valence-electron chi connectivity index (χ1n) is 9.45. The van der Waals surface area contributed by atoms with Gasteiger partial charge in [0.2, 0.25) is 0 Å². The van der Waals surface area contributed by atoms with Gasteiger partial charge in [-0.25, -0.2) is 0 Å². The number of H-pyrrole nitrogens is 1. The van der Waals surface area contributed by atoms with Gasteiger partial charge in [-0.1, -0.05) is 24.6 Å². The molecule has 1 unspecified atom stereocenters. The van der Waals surface area contributed by atoms with Crippen LogP contribution in [0.15, 0.2) is 35.1 Å².